The van der Waals surface area contributed by atoms with Gasteiger partial charge < -0.3 is 4.90 Å². The number of amides is 1. The summed E-state index contributed by atoms with van der Waals surface area (Å²) >= 11 is 0. The summed E-state index contributed by atoms with van der Waals surface area (Å²) in [5, 5.41) is 0. The Bertz CT molecular complexity index is 778. The first kappa shape index (κ1) is 18.0. The van der Waals surface area contributed by atoms with Gasteiger partial charge in [0.05, 0.1) is 4.90 Å². The van der Waals surface area contributed by atoms with E-state index < -0.39 is 10.0 Å². The van der Waals surface area contributed by atoms with E-state index in [-0.39, 0.29) is 11.8 Å². The maximum absolute atomic E-state index is 12.9. The molecule has 3 aliphatic rings. The normalized spacial score (nSPS) is 22.4. The Kier molecular flexibility index (Phi) is 5.06. The van der Waals surface area contributed by atoms with Crippen molar-refractivity contribution in [1.82, 2.24) is 9.21 Å². The maximum Gasteiger partial charge on any atom is 0.243 e. The molecule has 1 saturated heterocycles. The summed E-state index contributed by atoms with van der Waals surface area (Å²) in [5.41, 5.74) is 2.18. The Morgan fingerprint density at radius 1 is 0.923 bits per heavy atom. The molecule has 0 aromatic heterocycles. The predicted molar refractivity (Wildman–Crippen MR) is 100 cm³/mol. The lowest BCUT2D eigenvalue weighted by Crippen LogP contribution is -2.40. The summed E-state index contributed by atoms with van der Waals surface area (Å²) in [7, 11) is -3.40. The van der Waals surface area contributed by atoms with Crippen LogP contribution in [0.15, 0.2) is 23.1 Å². The molecule has 0 N–H and O–H groups in total. The largest absolute Gasteiger partial charge is 0.338 e. The smallest absolute Gasteiger partial charge is 0.243 e. The topological polar surface area (TPSA) is 57.7 Å². The lowest BCUT2D eigenvalue weighted by Gasteiger charge is -2.33. The molecule has 0 bridgehead atoms. The number of carbonyl (C=O) groups is 1. The minimum atomic E-state index is -3.40. The van der Waals surface area contributed by atoms with Gasteiger partial charge in [-0.15, -0.1) is 0 Å². The van der Waals surface area contributed by atoms with Crippen LogP contribution in [0.4, 0.5) is 0 Å². The number of sulfonamides is 1. The molecule has 1 aliphatic carbocycles. The zero-order valence-corrected chi connectivity index (χ0v) is 16.1. The predicted octanol–water partition coefficient (Wildman–Crippen LogP) is 2.94. The van der Waals surface area contributed by atoms with Crippen LogP contribution in [0.3, 0.4) is 0 Å². The molecule has 26 heavy (non-hydrogen) atoms. The molecule has 0 atom stereocenters. The van der Waals surface area contributed by atoms with E-state index in [2.05, 4.69) is 0 Å². The van der Waals surface area contributed by atoms with E-state index in [9.17, 15) is 13.2 Å². The summed E-state index contributed by atoms with van der Waals surface area (Å²) < 4.78 is 27.2. The van der Waals surface area contributed by atoms with Gasteiger partial charge in [-0.25, -0.2) is 8.42 Å². The second-order valence-electron chi connectivity index (χ2n) is 7.89. The summed E-state index contributed by atoms with van der Waals surface area (Å²) in [4.78, 5) is 15.2. The number of carbonyl (C=O) groups excluding carboxylic acids is 1. The van der Waals surface area contributed by atoms with Crippen LogP contribution < -0.4 is 0 Å². The van der Waals surface area contributed by atoms with Crippen LogP contribution in [0.1, 0.15) is 56.1 Å². The summed E-state index contributed by atoms with van der Waals surface area (Å²) in [5.74, 6) is 0.435. The van der Waals surface area contributed by atoms with Crippen LogP contribution in [-0.2, 0) is 27.8 Å². The molecular weight excluding hydrogens is 348 g/mol. The van der Waals surface area contributed by atoms with Gasteiger partial charge in [-0.3, -0.25) is 4.79 Å². The van der Waals surface area contributed by atoms with E-state index in [1.54, 1.807) is 10.4 Å². The highest BCUT2D eigenvalue weighted by Crippen LogP contribution is 2.30. The van der Waals surface area contributed by atoms with E-state index in [1.807, 2.05) is 17.0 Å². The molecule has 1 saturated carbocycles. The number of fused-ring (bicyclic) bond motifs is 1. The Labute approximate surface area is 156 Å². The third kappa shape index (κ3) is 3.41. The highest BCUT2D eigenvalue weighted by Gasteiger charge is 2.31. The average Bonchev–Trinajstić information content (AvgIpc) is 3.23. The molecule has 0 radical (unpaired) electrons. The monoisotopic (exact) mass is 376 g/mol. The number of benzene rings is 1. The van der Waals surface area contributed by atoms with Gasteiger partial charge >= 0.3 is 0 Å². The third-order valence-electron chi connectivity index (χ3n) is 6.16. The molecule has 2 fully saturated rings. The molecule has 1 aromatic carbocycles. The molecule has 0 spiro atoms. The van der Waals surface area contributed by atoms with E-state index in [0.29, 0.717) is 24.5 Å². The van der Waals surface area contributed by atoms with Crippen molar-refractivity contribution in [2.45, 2.75) is 62.8 Å². The van der Waals surface area contributed by atoms with Crippen LogP contribution >= 0.6 is 0 Å². The van der Waals surface area contributed by atoms with Crippen LogP contribution in [0.2, 0.25) is 0 Å². The van der Waals surface area contributed by atoms with Gasteiger partial charge in [0.25, 0.3) is 0 Å². The first-order valence-corrected chi connectivity index (χ1v) is 11.4. The molecule has 2 heterocycles. The molecular formula is C20H28N2O3S. The van der Waals surface area contributed by atoms with Gasteiger partial charge in [0.2, 0.25) is 15.9 Å². The number of hydrogen-bond donors (Lipinski definition) is 0. The van der Waals surface area contributed by atoms with Crippen molar-refractivity contribution in [2.75, 3.05) is 19.6 Å². The van der Waals surface area contributed by atoms with Crippen LogP contribution in [-0.4, -0.2) is 43.2 Å². The van der Waals surface area contributed by atoms with Crippen molar-refractivity contribution in [3.63, 3.8) is 0 Å². The fourth-order valence-electron chi connectivity index (χ4n) is 4.57. The fourth-order valence-corrected chi connectivity index (χ4v) is 6.14. The summed E-state index contributed by atoms with van der Waals surface area (Å²) in [6.07, 6.45) is 8.25. The second-order valence-corrected chi connectivity index (χ2v) is 9.82. The Morgan fingerprint density at radius 2 is 1.65 bits per heavy atom. The van der Waals surface area contributed by atoms with Gasteiger partial charge in [-0.05, 0) is 55.4 Å². The van der Waals surface area contributed by atoms with Crippen molar-refractivity contribution in [1.29, 1.82) is 0 Å². The molecule has 1 aromatic rings. The Hall–Kier alpha value is -1.40. The zero-order chi connectivity index (χ0) is 18.1. The number of nitrogens with zero attached hydrogens (tertiary/aromatic N) is 2. The van der Waals surface area contributed by atoms with Gasteiger partial charge in [-0.1, -0.05) is 25.3 Å². The van der Waals surface area contributed by atoms with E-state index >= 15 is 0 Å². The lowest BCUT2D eigenvalue weighted by atomic mass is 9.87. The Balaban J connectivity index is 1.53. The third-order valence-corrected chi connectivity index (χ3v) is 8.05. The molecule has 142 valence electrons. The van der Waals surface area contributed by atoms with Crippen LogP contribution in [0.25, 0.3) is 0 Å². The second kappa shape index (κ2) is 7.31. The van der Waals surface area contributed by atoms with Gasteiger partial charge in [-0.2, -0.15) is 4.31 Å². The Morgan fingerprint density at radius 3 is 2.38 bits per heavy atom. The van der Waals surface area contributed by atoms with Crippen molar-refractivity contribution in [2.24, 2.45) is 5.92 Å². The SMILES string of the molecule is O=C(C1CCCCC1)N1CCc2ccc(S(=O)(=O)N3CCCC3)cc2C1. The molecule has 5 nitrogen and oxygen atoms in total. The van der Waals surface area contributed by atoms with E-state index in [4.69, 9.17) is 0 Å². The minimum absolute atomic E-state index is 0.168. The number of hydrogen-bond acceptors (Lipinski definition) is 3. The summed E-state index contributed by atoms with van der Waals surface area (Å²) in [6.45, 7) is 2.53. The van der Waals surface area contributed by atoms with E-state index in [0.717, 1.165) is 57.1 Å². The molecule has 4 rings (SSSR count). The molecule has 1 amide bonds. The van der Waals surface area contributed by atoms with Crippen molar-refractivity contribution < 1.29 is 13.2 Å². The summed E-state index contributed by atoms with van der Waals surface area (Å²) in [6, 6.07) is 5.50. The fraction of sp³-hybridized carbons (Fsp3) is 0.650. The van der Waals surface area contributed by atoms with Crippen molar-refractivity contribution in [3.8, 4) is 0 Å². The van der Waals surface area contributed by atoms with Crippen molar-refractivity contribution in [3.05, 3.63) is 29.3 Å². The van der Waals surface area contributed by atoms with Gasteiger partial charge in [0.15, 0.2) is 0 Å². The minimum Gasteiger partial charge on any atom is -0.338 e. The van der Waals surface area contributed by atoms with Gasteiger partial charge in [0, 0.05) is 32.1 Å². The van der Waals surface area contributed by atoms with Crippen molar-refractivity contribution >= 4 is 15.9 Å². The highest BCUT2D eigenvalue weighted by atomic mass is 32.2. The number of rotatable bonds is 3. The standard InChI is InChI=1S/C20H28N2O3S/c23-20(17-6-2-1-3-7-17)21-13-10-16-8-9-19(14-18(16)15-21)26(24,25)22-11-4-5-12-22/h8-9,14,17H,1-7,10-13,15H2. The lowest BCUT2D eigenvalue weighted by molar-refractivity contribution is -0.137. The maximum atomic E-state index is 12.9. The zero-order valence-electron chi connectivity index (χ0n) is 15.3. The molecule has 6 heteroatoms. The molecule has 0 unspecified atom stereocenters. The van der Waals surface area contributed by atoms with Crippen LogP contribution in [0.5, 0.6) is 0 Å². The first-order chi connectivity index (χ1) is 12.6. The van der Waals surface area contributed by atoms with Crippen LogP contribution in [0, 0.1) is 5.92 Å². The quantitative estimate of drug-likeness (QED) is 0.815. The van der Waals surface area contributed by atoms with E-state index in [1.165, 1.54) is 12.0 Å². The molecule has 2 aliphatic heterocycles. The highest BCUT2D eigenvalue weighted by molar-refractivity contribution is 7.89. The first-order valence-electron chi connectivity index (χ1n) is 9.96. The average molecular weight is 377 g/mol. The van der Waals surface area contributed by atoms with Gasteiger partial charge in [0.1, 0.15) is 0 Å².